The number of ether oxygens (including phenoxy) is 2. The summed E-state index contributed by atoms with van der Waals surface area (Å²) in [6.07, 6.45) is 4.13. The third kappa shape index (κ3) is 6.49. The molecule has 1 spiro atoms. The van der Waals surface area contributed by atoms with Crippen molar-refractivity contribution in [2.24, 2.45) is 17.8 Å². The fourth-order valence-electron chi connectivity index (χ4n) is 8.61. The molecule has 2 bridgehead atoms. The van der Waals surface area contributed by atoms with Crippen molar-refractivity contribution in [2.45, 2.75) is 42.3 Å². The third-order valence-corrected chi connectivity index (χ3v) is 13.0. The molecular weight excluding hydrogens is 653 g/mol. The Bertz CT molecular complexity index is 1530. The first-order valence-corrected chi connectivity index (χ1v) is 18.7. The number of aliphatic hydroxyl groups is 1. The zero-order valence-electron chi connectivity index (χ0n) is 29.2. The summed E-state index contributed by atoms with van der Waals surface area (Å²) >= 11 is 1.64. The Labute approximate surface area is 300 Å². The fourth-order valence-corrected chi connectivity index (χ4v) is 11.0. The molecule has 6 rings (SSSR count). The van der Waals surface area contributed by atoms with Crippen molar-refractivity contribution in [3.05, 3.63) is 85.5 Å². The van der Waals surface area contributed by atoms with Crippen molar-refractivity contribution in [3.8, 4) is 5.75 Å². The van der Waals surface area contributed by atoms with E-state index in [-0.39, 0.29) is 42.0 Å². The van der Waals surface area contributed by atoms with Crippen LogP contribution in [-0.4, -0.2) is 119 Å². The molecule has 2 aromatic carbocycles. The lowest BCUT2D eigenvalue weighted by molar-refractivity contribution is -0.146. The highest BCUT2D eigenvalue weighted by Crippen LogP contribution is 2.69. The summed E-state index contributed by atoms with van der Waals surface area (Å²) in [5.41, 5.74) is 1.44. The van der Waals surface area contributed by atoms with Crippen molar-refractivity contribution in [1.82, 2.24) is 14.7 Å². The number of rotatable bonds is 15. The Morgan fingerprint density at radius 1 is 1.08 bits per heavy atom. The lowest BCUT2D eigenvalue weighted by Crippen LogP contribution is -2.58. The van der Waals surface area contributed by atoms with Gasteiger partial charge in [-0.15, -0.1) is 24.9 Å². The van der Waals surface area contributed by atoms with Crippen LogP contribution in [-0.2, 0) is 19.1 Å². The number of fused-ring (bicyclic) bond motifs is 1. The van der Waals surface area contributed by atoms with Gasteiger partial charge in [-0.25, -0.2) is 0 Å². The molecule has 0 aromatic heterocycles. The summed E-state index contributed by atoms with van der Waals surface area (Å²) in [6.45, 7) is 16.8. The lowest BCUT2D eigenvalue weighted by Gasteiger charge is -2.42. The van der Waals surface area contributed by atoms with Crippen molar-refractivity contribution in [3.63, 3.8) is 0 Å². The minimum Gasteiger partial charge on any atom is -0.494 e. The van der Waals surface area contributed by atoms with Crippen LogP contribution in [0.4, 0.5) is 5.69 Å². The van der Waals surface area contributed by atoms with Crippen LogP contribution in [0.2, 0.25) is 0 Å². The molecule has 4 aliphatic rings. The quantitative estimate of drug-likeness (QED) is 0.278. The molecule has 0 radical (unpaired) electrons. The molecular formula is C39H50N4O6S. The third-order valence-electron chi connectivity index (χ3n) is 10.9. The Morgan fingerprint density at radius 2 is 1.78 bits per heavy atom. The van der Waals surface area contributed by atoms with E-state index in [1.54, 1.807) is 33.7 Å². The van der Waals surface area contributed by atoms with Crippen LogP contribution in [0.5, 0.6) is 5.75 Å². The Morgan fingerprint density at radius 3 is 2.42 bits per heavy atom. The van der Waals surface area contributed by atoms with Gasteiger partial charge in [0.2, 0.25) is 17.7 Å². The number of nitrogens with zero attached hydrogens (tertiary/aromatic N) is 4. The second-order valence-corrected chi connectivity index (χ2v) is 15.1. The van der Waals surface area contributed by atoms with Crippen molar-refractivity contribution < 1.29 is 29.0 Å². The van der Waals surface area contributed by atoms with Gasteiger partial charge in [0, 0.05) is 50.2 Å². The van der Waals surface area contributed by atoms with Gasteiger partial charge in [0.1, 0.15) is 11.8 Å². The Balaban J connectivity index is 1.40. The van der Waals surface area contributed by atoms with Gasteiger partial charge >= 0.3 is 0 Å². The molecule has 11 heteroatoms. The first-order chi connectivity index (χ1) is 24.3. The number of likely N-dealkylation sites (tertiary alicyclic amines) is 1. The number of carbonyl (C=O) groups excluding carboxylic acids is 3. The van der Waals surface area contributed by atoms with Crippen LogP contribution in [0.15, 0.2) is 79.9 Å². The van der Waals surface area contributed by atoms with Crippen molar-refractivity contribution in [2.75, 3.05) is 70.6 Å². The lowest BCUT2D eigenvalue weighted by atomic mass is 9.65. The average Bonchev–Trinajstić information content (AvgIpc) is 3.74. The predicted octanol–water partition coefficient (Wildman–Crippen LogP) is 4.02. The minimum atomic E-state index is -0.872. The van der Waals surface area contributed by atoms with Gasteiger partial charge in [-0.3, -0.25) is 19.3 Å². The molecule has 7 atom stereocenters. The second-order valence-electron chi connectivity index (χ2n) is 13.6. The fraction of sp³-hybridized carbons (Fsp3) is 0.513. The number of aliphatic hydroxyl groups excluding tert-OH is 1. The maximum Gasteiger partial charge on any atom is 0.247 e. The van der Waals surface area contributed by atoms with Gasteiger partial charge in [0.05, 0.1) is 49.1 Å². The van der Waals surface area contributed by atoms with Crippen LogP contribution >= 0.6 is 11.8 Å². The molecule has 4 saturated heterocycles. The second kappa shape index (κ2) is 15.7. The molecule has 1 N–H and O–H groups in total. The number of hydrogen-bond donors (Lipinski definition) is 1. The maximum absolute atomic E-state index is 15.1. The van der Waals surface area contributed by atoms with Gasteiger partial charge in [0.15, 0.2) is 0 Å². The van der Waals surface area contributed by atoms with E-state index in [0.717, 1.165) is 18.7 Å². The van der Waals surface area contributed by atoms with Crippen LogP contribution in [0.1, 0.15) is 31.9 Å². The number of benzene rings is 2. The molecule has 0 aliphatic carbocycles. The average molecular weight is 703 g/mol. The van der Waals surface area contributed by atoms with Gasteiger partial charge < -0.3 is 29.3 Å². The number of morpholine rings is 1. The van der Waals surface area contributed by atoms with Gasteiger partial charge in [0.25, 0.3) is 0 Å². The van der Waals surface area contributed by atoms with Gasteiger partial charge in [-0.1, -0.05) is 49.4 Å². The number of amides is 3. The van der Waals surface area contributed by atoms with Crippen LogP contribution in [0.3, 0.4) is 0 Å². The molecule has 4 aliphatic heterocycles. The summed E-state index contributed by atoms with van der Waals surface area (Å²) in [4.78, 5) is 52.5. The molecule has 50 heavy (non-hydrogen) atoms. The number of anilines is 1. The first-order valence-electron chi connectivity index (χ1n) is 17.8. The summed E-state index contributed by atoms with van der Waals surface area (Å²) in [5, 5.41) is 10.8. The summed E-state index contributed by atoms with van der Waals surface area (Å²) < 4.78 is 10.3. The monoisotopic (exact) mass is 702 g/mol. The summed E-state index contributed by atoms with van der Waals surface area (Å²) in [5.74, 6) is -1.25. The van der Waals surface area contributed by atoms with Crippen LogP contribution < -0.4 is 9.64 Å². The topological polar surface area (TPSA) is 103 Å². The van der Waals surface area contributed by atoms with E-state index < -0.39 is 28.7 Å². The number of hydrogen-bond acceptors (Lipinski definition) is 8. The van der Waals surface area contributed by atoms with E-state index >= 15 is 9.59 Å². The first kappa shape index (κ1) is 36.2. The van der Waals surface area contributed by atoms with E-state index in [1.165, 1.54) is 0 Å². The zero-order valence-corrected chi connectivity index (χ0v) is 30.0. The van der Waals surface area contributed by atoms with E-state index in [2.05, 4.69) is 25.0 Å². The highest BCUT2D eigenvalue weighted by molar-refractivity contribution is 8.02. The normalized spacial score (nSPS) is 27.9. The van der Waals surface area contributed by atoms with E-state index in [1.807, 2.05) is 66.4 Å². The minimum absolute atomic E-state index is 0.0206. The van der Waals surface area contributed by atoms with E-state index in [0.29, 0.717) is 57.3 Å². The zero-order chi connectivity index (χ0) is 35.4. The largest absolute Gasteiger partial charge is 0.494 e. The summed E-state index contributed by atoms with van der Waals surface area (Å²) in [7, 11) is 0. The SMILES string of the molecule is C=CCN(CCN1CCOCC1)C(=O)C1N([C@H](CO)c2ccccc2)C(=O)[C@@H]2[C@H](C(=O)N(CC=C)c3ccc(OCC)cc3)[C@@H]3CC(C)C12S3. The van der Waals surface area contributed by atoms with E-state index in [4.69, 9.17) is 9.47 Å². The van der Waals surface area contributed by atoms with Crippen molar-refractivity contribution >= 4 is 35.2 Å². The predicted molar refractivity (Wildman–Crippen MR) is 196 cm³/mol. The number of thioether (sulfide) groups is 1. The molecule has 3 amide bonds. The van der Waals surface area contributed by atoms with Crippen LogP contribution in [0, 0.1) is 17.8 Å². The maximum atomic E-state index is 15.1. The van der Waals surface area contributed by atoms with Crippen molar-refractivity contribution in [1.29, 1.82) is 0 Å². The van der Waals surface area contributed by atoms with Gasteiger partial charge in [-0.2, -0.15) is 0 Å². The summed E-state index contributed by atoms with van der Waals surface area (Å²) in [6, 6.07) is 15.2. The highest BCUT2D eigenvalue weighted by atomic mass is 32.2. The standard InChI is InChI=1S/C39H50N4O6S/c1-5-17-41(20-19-40-21-23-48-24-22-40)38(47)35-39-27(4)25-32(50-39)33(34(39)37(46)43(35)31(26-44)28-11-9-8-10-12-28)36(45)42(18-6-2)29-13-15-30(16-14-29)49-7-3/h5-6,8-16,27,31-35,44H,1-2,7,17-26H2,3-4H3/t27?,31-,32+,33-,34+,35?,39?/m1/s1. The van der Waals surface area contributed by atoms with Crippen LogP contribution in [0.25, 0.3) is 0 Å². The number of carbonyl (C=O) groups is 3. The molecule has 4 fully saturated rings. The highest BCUT2D eigenvalue weighted by Gasteiger charge is 2.77. The molecule has 2 aromatic rings. The molecule has 10 nitrogen and oxygen atoms in total. The molecule has 4 heterocycles. The molecule has 268 valence electrons. The smallest absolute Gasteiger partial charge is 0.247 e. The molecule has 0 saturated carbocycles. The van der Waals surface area contributed by atoms with Gasteiger partial charge in [-0.05, 0) is 49.1 Å². The van der Waals surface area contributed by atoms with E-state index in [9.17, 15) is 9.90 Å². The Hall–Kier alpha value is -3.64. The Kier molecular flexibility index (Phi) is 11.4. The molecule has 3 unspecified atom stereocenters.